The summed E-state index contributed by atoms with van der Waals surface area (Å²) in [5, 5.41) is 10.6. The third-order valence-electron chi connectivity index (χ3n) is 2.44. The molecule has 122 valence electrons. The Kier molecular flexibility index (Phi) is 12.8. The number of nitrogens with zero attached hydrogens (tertiary/aromatic N) is 2. The van der Waals surface area contributed by atoms with E-state index >= 15 is 0 Å². The summed E-state index contributed by atoms with van der Waals surface area (Å²) in [7, 11) is -1.08. The van der Waals surface area contributed by atoms with E-state index in [1.807, 2.05) is 41.5 Å². The van der Waals surface area contributed by atoms with Crippen molar-refractivity contribution in [1.29, 1.82) is 0 Å². The van der Waals surface area contributed by atoms with Crippen molar-refractivity contribution in [3.63, 3.8) is 0 Å². The largest absolute Gasteiger partial charge is 0.292 e. The predicted octanol–water partition coefficient (Wildman–Crippen LogP) is 4.47. The lowest BCUT2D eigenvalue weighted by Crippen LogP contribution is -2.27. The number of anilines is 1. The Morgan fingerprint density at radius 3 is 2.05 bits per heavy atom. The summed E-state index contributed by atoms with van der Waals surface area (Å²) in [6.45, 7) is 14.2. The molecule has 0 N–H and O–H groups in total. The lowest BCUT2D eigenvalue weighted by atomic mass is 10.2. The van der Waals surface area contributed by atoms with Gasteiger partial charge in [0.2, 0.25) is 0 Å². The molecule has 5 nitrogen and oxygen atoms in total. The molecule has 1 aromatic rings. The second kappa shape index (κ2) is 12.3. The lowest BCUT2D eigenvalue weighted by Gasteiger charge is -2.22. The molecule has 0 bridgehead atoms. The van der Waals surface area contributed by atoms with Crippen molar-refractivity contribution in [2.45, 2.75) is 48.5 Å². The van der Waals surface area contributed by atoms with Gasteiger partial charge in [0.15, 0.2) is 0 Å². The van der Waals surface area contributed by atoms with Crippen LogP contribution in [-0.2, 0) is 11.0 Å². The van der Waals surface area contributed by atoms with Crippen molar-refractivity contribution >= 4 is 22.4 Å². The summed E-state index contributed by atoms with van der Waals surface area (Å²) >= 11 is 0. The molecule has 0 aromatic heterocycles. The summed E-state index contributed by atoms with van der Waals surface area (Å²) < 4.78 is 13.6. The quantitative estimate of drug-likeness (QED) is 0.595. The van der Waals surface area contributed by atoms with Crippen molar-refractivity contribution in [2.75, 3.05) is 16.6 Å². The van der Waals surface area contributed by atoms with Gasteiger partial charge in [-0.2, -0.15) is 0 Å². The van der Waals surface area contributed by atoms with Crippen LogP contribution in [0.1, 0.15) is 47.1 Å². The molecule has 0 spiro atoms. The Hall–Kier alpha value is -1.43. The highest BCUT2D eigenvalue weighted by molar-refractivity contribution is 7.86. The topological polar surface area (TPSA) is 63.4 Å². The summed E-state index contributed by atoms with van der Waals surface area (Å²) in [5.41, 5.74) is 1.62. The van der Waals surface area contributed by atoms with Crippen molar-refractivity contribution in [3.8, 4) is 0 Å². The molecule has 1 atom stereocenters. The van der Waals surface area contributed by atoms with Gasteiger partial charge in [-0.1, -0.05) is 34.6 Å². The van der Waals surface area contributed by atoms with Gasteiger partial charge in [0.05, 0.1) is 10.6 Å². The monoisotopic (exact) mass is 316 g/mol. The second-order valence-corrected chi connectivity index (χ2v) is 5.19. The number of non-ortho nitro benzene ring substituents is 1. The Morgan fingerprint density at radius 1 is 1.19 bits per heavy atom. The molecule has 0 aliphatic carbocycles. The summed E-state index contributed by atoms with van der Waals surface area (Å²) in [6, 6.07) is 4.60. The van der Waals surface area contributed by atoms with Gasteiger partial charge in [-0.15, -0.1) is 0 Å². The fraction of sp³-hybridized carbons (Fsp3) is 0.600. The molecule has 21 heavy (non-hydrogen) atoms. The van der Waals surface area contributed by atoms with E-state index in [0.717, 1.165) is 11.3 Å². The molecule has 1 unspecified atom stereocenters. The first kappa shape index (κ1) is 21.9. The zero-order valence-corrected chi connectivity index (χ0v) is 15.0. The average molecular weight is 316 g/mol. The molecule has 0 aliphatic rings. The maximum Gasteiger partial charge on any atom is 0.269 e. The van der Waals surface area contributed by atoms with Crippen LogP contribution in [0.5, 0.6) is 0 Å². The van der Waals surface area contributed by atoms with E-state index in [0.29, 0.717) is 12.3 Å². The van der Waals surface area contributed by atoms with Gasteiger partial charge in [-0.25, -0.2) is 4.21 Å². The molecule has 0 saturated carbocycles. The first-order valence-electron chi connectivity index (χ1n) is 7.42. The Bertz CT molecular complexity index is 451. The van der Waals surface area contributed by atoms with Crippen LogP contribution in [-0.4, -0.2) is 21.4 Å². The highest BCUT2D eigenvalue weighted by Crippen LogP contribution is 2.25. The van der Waals surface area contributed by atoms with Crippen LogP contribution >= 0.6 is 0 Å². The number of hydrogen-bond donors (Lipinski definition) is 0. The van der Waals surface area contributed by atoms with Gasteiger partial charge in [0.1, 0.15) is 11.0 Å². The Morgan fingerprint density at radius 2 is 1.71 bits per heavy atom. The SMILES string of the molecule is CC.CC.CCN(c1ccc([N+](=O)[O-])cc1C)S(=O)CC. The zero-order chi connectivity index (χ0) is 17.0. The molecule has 6 heteroatoms. The molecule has 0 fully saturated rings. The highest BCUT2D eigenvalue weighted by Gasteiger charge is 2.15. The molecule has 1 rings (SSSR count). The van der Waals surface area contributed by atoms with Crippen LogP contribution < -0.4 is 4.31 Å². The average Bonchev–Trinajstić information content (AvgIpc) is 2.53. The minimum Gasteiger partial charge on any atom is -0.292 e. The first-order valence-corrected chi connectivity index (χ1v) is 8.69. The van der Waals surface area contributed by atoms with Gasteiger partial charge in [0, 0.05) is 24.4 Å². The number of nitro groups is 1. The van der Waals surface area contributed by atoms with E-state index < -0.39 is 15.9 Å². The maximum atomic E-state index is 11.8. The maximum absolute atomic E-state index is 11.8. The predicted molar refractivity (Wildman–Crippen MR) is 92.2 cm³/mol. The van der Waals surface area contributed by atoms with Gasteiger partial charge in [-0.05, 0) is 25.5 Å². The molecular formula is C15H28N2O3S. The highest BCUT2D eigenvalue weighted by atomic mass is 32.2. The lowest BCUT2D eigenvalue weighted by molar-refractivity contribution is -0.384. The summed E-state index contributed by atoms with van der Waals surface area (Å²) in [4.78, 5) is 10.2. The Balaban J connectivity index is 0. The number of nitro benzene ring substituents is 1. The second-order valence-electron chi connectivity index (χ2n) is 3.53. The van der Waals surface area contributed by atoms with Crippen LogP contribution in [0.25, 0.3) is 0 Å². The molecule has 0 saturated heterocycles. The van der Waals surface area contributed by atoms with E-state index in [1.54, 1.807) is 17.3 Å². The van der Waals surface area contributed by atoms with Crippen LogP contribution in [0.15, 0.2) is 18.2 Å². The zero-order valence-electron chi connectivity index (χ0n) is 14.2. The van der Waals surface area contributed by atoms with Crippen molar-refractivity contribution in [3.05, 3.63) is 33.9 Å². The molecule has 0 amide bonds. The van der Waals surface area contributed by atoms with Crippen molar-refractivity contribution in [1.82, 2.24) is 0 Å². The number of hydrogen-bond acceptors (Lipinski definition) is 3. The normalized spacial score (nSPS) is 10.4. The van der Waals surface area contributed by atoms with Crippen LogP contribution in [0.3, 0.4) is 0 Å². The smallest absolute Gasteiger partial charge is 0.269 e. The van der Waals surface area contributed by atoms with Gasteiger partial charge in [-0.3, -0.25) is 14.4 Å². The third kappa shape index (κ3) is 6.71. The van der Waals surface area contributed by atoms with E-state index in [1.165, 1.54) is 12.1 Å². The number of benzene rings is 1. The number of rotatable bonds is 5. The summed E-state index contributed by atoms with van der Waals surface area (Å²) in [5.74, 6) is 0.532. The standard InChI is InChI=1S/C11H16N2O3S.2C2H6/c1-4-12(17(16)5-2)11-7-6-10(13(14)15)8-9(11)3;2*1-2/h6-8H,4-5H2,1-3H3;2*1-2H3. The first-order chi connectivity index (χ1) is 10.0. The number of aryl methyl sites for hydroxylation is 1. The molecular weight excluding hydrogens is 288 g/mol. The van der Waals surface area contributed by atoms with Crippen LogP contribution in [0.2, 0.25) is 0 Å². The fourth-order valence-corrected chi connectivity index (χ4v) is 2.64. The molecule has 0 heterocycles. The molecule has 0 radical (unpaired) electrons. The van der Waals surface area contributed by atoms with Gasteiger partial charge in [0.25, 0.3) is 5.69 Å². The van der Waals surface area contributed by atoms with Crippen molar-refractivity contribution in [2.24, 2.45) is 0 Å². The third-order valence-corrected chi connectivity index (χ3v) is 3.88. The van der Waals surface area contributed by atoms with Crippen molar-refractivity contribution < 1.29 is 9.13 Å². The van der Waals surface area contributed by atoms with Gasteiger partial charge < -0.3 is 0 Å². The Labute approximate surface area is 131 Å². The molecule has 0 aliphatic heterocycles. The van der Waals surface area contributed by atoms with E-state index in [4.69, 9.17) is 0 Å². The fourth-order valence-electron chi connectivity index (χ4n) is 1.61. The van der Waals surface area contributed by atoms with E-state index in [-0.39, 0.29) is 5.69 Å². The van der Waals surface area contributed by atoms with Crippen LogP contribution in [0, 0.1) is 17.0 Å². The summed E-state index contributed by atoms with van der Waals surface area (Å²) in [6.07, 6.45) is 0. The van der Waals surface area contributed by atoms with E-state index in [2.05, 4.69) is 0 Å². The molecule has 1 aromatic carbocycles. The minimum atomic E-state index is -1.08. The van der Waals surface area contributed by atoms with E-state index in [9.17, 15) is 14.3 Å². The minimum absolute atomic E-state index is 0.0598. The van der Waals surface area contributed by atoms with Crippen LogP contribution in [0.4, 0.5) is 11.4 Å². The van der Waals surface area contributed by atoms with Gasteiger partial charge >= 0.3 is 0 Å².